The Morgan fingerprint density at radius 3 is 2.75 bits per heavy atom. The van der Waals surface area contributed by atoms with E-state index in [4.69, 9.17) is 10.7 Å². The highest BCUT2D eigenvalue weighted by Gasteiger charge is 2.08. The van der Waals surface area contributed by atoms with Gasteiger partial charge in [0.05, 0.1) is 11.0 Å². The van der Waals surface area contributed by atoms with Crippen LogP contribution in [-0.4, -0.2) is 21.6 Å². The normalized spacial score (nSPS) is 11.3. The number of unbranched alkanes of at least 4 members (excludes halogenated alkanes) is 3. The molecule has 0 spiro atoms. The number of anilines is 1. The third-order valence-electron chi connectivity index (χ3n) is 3.65. The SMILES string of the molecule is CCc1nc2cc(N)ccc2n1CCCCCCSC. The molecule has 0 aliphatic heterocycles. The van der Waals surface area contributed by atoms with Crippen LogP contribution < -0.4 is 5.73 Å². The average Bonchev–Trinajstić information content (AvgIpc) is 2.79. The molecule has 0 saturated heterocycles. The van der Waals surface area contributed by atoms with Gasteiger partial charge in [0.2, 0.25) is 0 Å². The predicted molar refractivity (Wildman–Crippen MR) is 90.4 cm³/mol. The number of hydrogen-bond donors (Lipinski definition) is 1. The van der Waals surface area contributed by atoms with Crippen molar-refractivity contribution in [2.75, 3.05) is 17.7 Å². The van der Waals surface area contributed by atoms with Crippen LogP contribution in [0.2, 0.25) is 0 Å². The summed E-state index contributed by atoms with van der Waals surface area (Å²) in [7, 11) is 0. The number of aromatic nitrogens is 2. The molecular formula is C16H25N3S. The van der Waals surface area contributed by atoms with E-state index in [1.807, 2.05) is 23.9 Å². The Labute approximate surface area is 125 Å². The van der Waals surface area contributed by atoms with Gasteiger partial charge in [0.25, 0.3) is 0 Å². The minimum Gasteiger partial charge on any atom is -0.399 e. The molecule has 2 N–H and O–H groups in total. The van der Waals surface area contributed by atoms with E-state index in [-0.39, 0.29) is 0 Å². The summed E-state index contributed by atoms with van der Waals surface area (Å²) < 4.78 is 2.36. The number of fused-ring (bicyclic) bond motifs is 1. The maximum absolute atomic E-state index is 5.84. The van der Waals surface area contributed by atoms with Crippen LogP contribution in [0.5, 0.6) is 0 Å². The summed E-state index contributed by atoms with van der Waals surface area (Å²) in [6.45, 7) is 3.24. The van der Waals surface area contributed by atoms with Crippen LogP contribution in [0.4, 0.5) is 5.69 Å². The van der Waals surface area contributed by atoms with E-state index in [1.165, 1.54) is 42.8 Å². The van der Waals surface area contributed by atoms with E-state index in [0.29, 0.717) is 0 Å². The summed E-state index contributed by atoms with van der Waals surface area (Å²) >= 11 is 1.94. The van der Waals surface area contributed by atoms with Gasteiger partial charge in [-0.15, -0.1) is 0 Å². The highest BCUT2D eigenvalue weighted by Crippen LogP contribution is 2.20. The molecule has 0 amide bonds. The standard InChI is InChI=1S/C16H25N3S/c1-3-16-18-14-12-13(17)8-9-15(14)19(16)10-6-4-5-7-11-20-2/h8-9,12H,3-7,10-11,17H2,1-2H3. The molecule has 1 aromatic carbocycles. The summed E-state index contributed by atoms with van der Waals surface area (Å²) in [5.74, 6) is 2.46. The van der Waals surface area contributed by atoms with Crippen LogP contribution in [0, 0.1) is 0 Å². The van der Waals surface area contributed by atoms with Crippen LogP contribution in [0.15, 0.2) is 18.2 Å². The van der Waals surface area contributed by atoms with Gasteiger partial charge in [-0.2, -0.15) is 11.8 Å². The molecule has 3 nitrogen and oxygen atoms in total. The number of nitrogens with two attached hydrogens (primary N) is 1. The number of rotatable bonds is 8. The third kappa shape index (κ3) is 3.69. The van der Waals surface area contributed by atoms with E-state index in [2.05, 4.69) is 23.8 Å². The quantitative estimate of drug-likeness (QED) is 0.588. The number of thioether (sulfide) groups is 1. The van der Waals surface area contributed by atoms with Crippen LogP contribution in [0.3, 0.4) is 0 Å². The highest BCUT2D eigenvalue weighted by molar-refractivity contribution is 7.98. The van der Waals surface area contributed by atoms with Crippen LogP contribution >= 0.6 is 11.8 Å². The summed E-state index contributed by atoms with van der Waals surface area (Å²) in [5, 5.41) is 0. The first-order chi connectivity index (χ1) is 9.76. The van der Waals surface area contributed by atoms with Gasteiger partial charge in [0.15, 0.2) is 0 Å². The van der Waals surface area contributed by atoms with Crippen molar-refractivity contribution >= 4 is 28.5 Å². The van der Waals surface area contributed by atoms with Crippen molar-refractivity contribution in [2.45, 2.75) is 45.6 Å². The number of imidazole rings is 1. The first-order valence-electron chi connectivity index (χ1n) is 7.49. The predicted octanol–water partition coefficient (Wildman–Crippen LogP) is 4.10. The lowest BCUT2D eigenvalue weighted by molar-refractivity contribution is 0.577. The Hall–Kier alpha value is -1.16. The molecule has 1 aromatic heterocycles. The average molecular weight is 291 g/mol. The molecular weight excluding hydrogens is 266 g/mol. The zero-order valence-corrected chi connectivity index (χ0v) is 13.4. The van der Waals surface area contributed by atoms with Crippen LogP contribution in [0.25, 0.3) is 11.0 Å². The molecule has 0 saturated carbocycles. The molecule has 0 bridgehead atoms. The lowest BCUT2D eigenvalue weighted by atomic mass is 10.2. The van der Waals surface area contributed by atoms with Crippen LogP contribution in [-0.2, 0) is 13.0 Å². The highest BCUT2D eigenvalue weighted by atomic mass is 32.2. The first kappa shape index (κ1) is 15.2. The number of benzene rings is 1. The lowest BCUT2D eigenvalue weighted by Crippen LogP contribution is -2.03. The maximum atomic E-state index is 5.84. The fraction of sp³-hybridized carbons (Fsp3) is 0.562. The number of nitrogens with zero attached hydrogens (tertiary/aromatic N) is 2. The molecule has 110 valence electrons. The fourth-order valence-electron chi connectivity index (χ4n) is 2.59. The zero-order chi connectivity index (χ0) is 14.4. The fourth-order valence-corrected chi connectivity index (χ4v) is 3.08. The van der Waals surface area contributed by atoms with Crippen molar-refractivity contribution < 1.29 is 0 Å². The van der Waals surface area contributed by atoms with E-state index in [1.54, 1.807) is 0 Å². The summed E-state index contributed by atoms with van der Waals surface area (Å²) in [6.07, 6.45) is 8.36. The van der Waals surface area contributed by atoms with Crippen molar-refractivity contribution in [3.63, 3.8) is 0 Å². The molecule has 0 atom stereocenters. The van der Waals surface area contributed by atoms with Gasteiger partial charge in [0.1, 0.15) is 5.82 Å². The third-order valence-corrected chi connectivity index (χ3v) is 4.34. The Morgan fingerprint density at radius 1 is 1.20 bits per heavy atom. The molecule has 0 radical (unpaired) electrons. The van der Waals surface area contributed by atoms with Gasteiger partial charge >= 0.3 is 0 Å². The Kier molecular flexibility index (Phi) is 5.77. The second kappa shape index (κ2) is 7.58. The largest absolute Gasteiger partial charge is 0.399 e. The topological polar surface area (TPSA) is 43.8 Å². The Morgan fingerprint density at radius 2 is 2.00 bits per heavy atom. The maximum Gasteiger partial charge on any atom is 0.109 e. The molecule has 0 fully saturated rings. The summed E-state index contributed by atoms with van der Waals surface area (Å²) in [4.78, 5) is 4.70. The van der Waals surface area contributed by atoms with Crippen molar-refractivity contribution in [1.29, 1.82) is 0 Å². The monoisotopic (exact) mass is 291 g/mol. The molecule has 2 rings (SSSR count). The first-order valence-corrected chi connectivity index (χ1v) is 8.89. The minimum absolute atomic E-state index is 0.793. The van der Waals surface area contributed by atoms with Crippen molar-refractivity contribution in [2.24, 2.45) is 0 Å². The smallest absolute Gasteiger partial charge is 0.109 e. The second-order valence-electron chi connectivity index (χ2n) is 5.19. The summed E-state index contributed by atoms with van der Waals surface area (Å²) in [6, 6.07) is 6.05. The van der Waals surface area contributed by atoms with Gasteiger partial charge in [-0.3, -0.25) is 0 Å². The lowest BCUT2D eigenvalue weighted by Gasteiger charge is -2.08. The number of hydrogen-bond acceptors (Lipinski definition) is 3. The van der Waals surface area contributed by atoms with Crippen LogP contribution in [0.1, 0.15) is 38.4 Å². The van der Waals surface area contributed by atoms with E-state index < -0.39 is 0 Å². The van der Waals surface area contributed by atoms with Crippen molar-refractivity contribution in [3.8, 4) is 0 Å². The van der Waals surface area contributed by atoms with Gasteiger partial charge < -0.3 is 10.3 Å². The molecule has 20 heavy (non-hydrogen) atoms. The minimum atomic E-state index is 0.793. The van der Waals surface area contributed by atoms with Gasteiger partial charge in [-0.05, 0) is 43.0 Å². The molecule has 1 heterocycles. The van der Waals surface area contributed by atoms with Gasteiger partial charge in [0, 0.05) is 18.7 Å². The molecule has 4 heteroatoms. The van der Waals surface area contributed by atoms with E-state index in [9.17, 15) is 0 Å². The Balaban J connectivity index is 2.01. The zero-order valence-electron chi connectivity index (χ0n) is 12.6. The van der Waals surface area contributed by atoms with E-state index >= 15 is 0 Å². The van der Waals surface area contributed by atoms with E-state index in [0.717, 1.165) is 24.2 Å². The molecule has 0 unspecified atom stereocenters. The molecule has 0 aliphatic carbocycles. The molecule has 0 aliphatic rings. The van der Waals surface area contributed by atoms with Gasteiger partial charge in [-0.25, -0.2) is 4.98 Å². The molecule has 2 aromatic rings. The Bertz CT molecular complexity index is 548. The summed E-state index contributed by atoms with van der Waals surface area (Å²) in [5.41, 5.74) is 8.89. The number of nitrogen functional groups attached to an aromatic ring is 1. The van der Waals surface area contributed by atoms with Gasteiger partial charge in [-0.1, -0.05) is 19.8 Å². The second-order valence-corrected chi connectivity index (χ2v) is 6.17. The van der Waals surface area contributed by atoms with Crippen molar-refractivity contribution in [3.05, 3.63) is 24.0 Å². The number of aryl methyl sites for hydroxylation is 2. The van der Waals surface area contributed by atoms with Crippen molar-refractivity contribution in [1.82, 2.24) is 9.55 Å².